The van der Waals surface area contributed by atoms with Crippen LogP contribution < -0.4 is 0 Å². The summed E-state index contributed by atoms with van der Waals surface area (Å²) >= 11 is 5.01. The summed E-state index contributed by atoms with van der Waals surface area (Å²) in [6.07, 6.45) is 1.43. The lowest BCUT2D eigenvalue weighted by Crippen LogP contribution is -2.25. The Hall–Kier alpha value is -1.91. The van der Waals surface area contributed by atoms with E-state index in [0.717, 1.165) is 32.7 Å². The first-order valence-electron chi connectivity index (χ1n) is 11.5. The predicted octanol–water partition coefficient (Wildman–Crippen LogP) is 5.96. The van der Waals surface area contributed by atoms with Gasteiger partial charge in [-0.3, -0.25) is 9.63 Å². The number of ether oxygens (including phenoxy) is 2. The van der Waals surface area contributed by atoms with Gasteiger partial charge in [0.1, 0.15) is 13.2 Å². The maximum atomic E-state index is 11.8. The zero-order valence-corrected chi connectivity index (χ0v) is 22.7. The van der Waals surface area contributed by atoms with E-state index in [1.54, 1.807) is 35.3 Å². The minimum absolute atomic E-state index is 0.231. The SMILES string of the molecule is C=CC(=O)OCCSc1ccc(Sc2ccc(SCCOC(=O)CCON(CC)CC)cc2)cc1. The Morgan fingerprint density at radius 1 is 0.800 bits per heavy atom. The highest BCUT2D eigenvalue weighted by atomic mass is 32.2. The molecule has 0 saturated heterocycles. The summed E-state index contributed by atoms with van der Waals surface area (Å²) in [5.41, 5.74) is 0. The van der Waals surface area contributed by atoms with Crippen LogP contribution in [0.2, 0.25) is 0 Å². The Morgan fingerprint density at radius 2 is 1.29 bits per heavy atom. The zero-order valence-electron chi connectivity index (χ0n) is 20.3. The minimum atomic E-state index is -0.391. The summed E-state index contributed by atoms with van der Waals surface area (Å²) in [6, 6.07) is 16.7. The predicted molar refractivity (Wildman–Crippen MR) is 144 cm³/mol. The second kappa shape index (κ2) is 17.5. The largest absolute Gasteiger partial charge is 0.465 e. The number of nitrogens with zero attached hydrogens (tertiary/aromatic N) is 1. The van der Waals surface area contributed by atoms with Crippen molar-refractivity contribution >= 4 is 47.2 Å². The second-order valence-electron chi connectivity index (χ2n) is 7.03. The number of carbonyl (C=O) groups is 2. The number of hydrogen-bond donors (Lipinski definition) is 0. The smallest absolute Gasteiger partial charge is 0.330 e. The molecule has 0 heterocycles. The van der Waals surface area contributed by atoms with Crippen molar-refractivity contribution in [1.29, 1.82) is 0 Å². The van der Waals surface area contributed by atoms with Gasteiger partial charge in [0.15, 0.2) is 0 Å². The van der Waals surface area contributed by atoms with E-state index in [-0.39, 0.29) is 12.4 Å². The van der Waals surface area contributed by atoms with E-state index >= 15 is 0 Å². The van der Waals surface area contributed by atoms with E-state index in [1.807, 2.05) is 18.9 Å². The maximum absolute atomic E-state index is 11.8. The second-order valence-corrected chi connectivity index (χ2v) is 10.5. The van der Waals surface area contributed by atoms with Gasteiger partial charge < -0.3 is 9.47 Å². The fourth-order valence-electron chi connectivity index (χ4n) is 2.76. The summed E-state index contributed by atoms with van der Waals surface area (Å²) in [5.74, 6) is 0.791. The van der Waals surface area contributed by atoms with Crippen molar-refractivity contribution in [3.63, 3.8) is 0 Å². The number of carbonyl (C=O) groups excluding carboxylic acids is 2. The van der Waals surface area contributed by atoms with Gasteiger partial charge in [0.05, 0.1) is 13.0 Å². The number of esters is 2. The standard InChI is InChI=1S/C26H33NO5S3/c1-4-25(28)30-17-19-33-21-7-11-23(12-8-21)35-24-13-9-22(10-14-24)34-20-18-31-26(29)15-16-32-27(5-2)6-3/h4,7-14H,1,5-6,15-20H2,2-3H3. The highest BCUT2D eigenvalue weighted by Crippen LogP contribution is 2.31. The average Bonchev–Trinajstić information content (AvgIpc) is 2.88. The van der Waals surface area contributed by atoms with E-state index < -0.39 is 5.97 Å². The van der Waals surface area contributed by atoms with Crippen LogP contribution in [0.5, 0.6) is 0 Å². The first-order chi connectivity index (χ1) is 17.0. The molecule has 0 spiro atoms. The molecule has 0 aromatic heterocycles. The molecular formula is C26H33NO5S3. The molecule has 0 saturated carbocycles. The van der Waals surface area contributed by atoms with E-state index in [2.05, 4.69) is 55.1 Å². The van der Waals surface area contributed by atoms with Gasteiger partial charge in [-0.15, -0.1) is 23.5 Å². The molecule has 190 valence electrons. The van der Waals surface area contributed by atoms with Crippen LogP contribution in [0.15, 0.2) is 80.8 Å². The van der Waals surface area contributed by atoms with Crippen molar-refractivity contribution in [2.75, 3.05) is 44.4 Å². The highest BCUT2D eigenvalue weighted by Gasteiger charge is 2.06. The van der Waals surface area contributed by atoms with E-state index in [4.69, 9.17) is 14.3 Å². The average molecular weight is 536 g/mol. The molecule has 35 heavy (non-hydrogen) atoms. The number of benzene rings is 2. The summed E-state index contributed by atoms with van der Waals surface area (Å²) in [4.78, 5) is 32.9. The van der Waals surface area contributed by atoms with Crippen LogP contribution in [-0.2, 0) is 23.9 Å². The van der Waals surface area contributed by atoms with E-state index in [1.165, 1.54) is 6.08 Å². The third-order valence-electron chi connectivity index (χ3n) is 4.55. The van der Waals surface area contributed by atoms with Crippen LogP contribution in [0.1, 0.15) is 20.3 Å². The monoisotopic (exact) mass is 535 g/mol. The van der Waals surface area contributed by atoms with Gasteiger partial charge in [0.25, 0.3) is 0 Å². The van der Waals surface area contributed by atoms with Gasteiger partial charge in [-0.1, -0.05) is 32.2 Å². The Kier molecular flexibility index (Phi) is 14.7. The van der Waals surface area contributed by atoms with Crippen molar-refractivity contribution in [3.05, 3.63) is 61.2 Å². The topological polar surface area (TPSA) is 65.1 Å². The van der Waals surface area contributed by atoms with Crippen LogP contribution >= 0.6 is 35.3 Å². The van der Waals surface area contributed by atoms with Gasteiger partial charge in [-0.05, 0) is 48.5 Å². The molecule has 0 N–H and O–H groups in total. The van der Waals surface area contributed by atoms with Crippen LogP contribution in [0.25, 0.3) is 0 Å². The van der Waals surface area contributed by atoms with E-state index in [0.29, 0.717) is 31.3 Å². The van der Waals surface area contributed by atoms with Crippen molar-refractivity contribution in [1.82, 2.24) is 5.06 Å². The van der Waals surface area contributed by atoms with Gasteiger partial charge in [0, 0.05) is 50.3 Å². The van der Waals surface area contributed by atoms with Crippen molar-refractivity contribution in [3.8, 4) is 0 Å². The number of hydrogen-bond acceptors (Lipinski definition) is 9. The number of rotatable bonds is 17. The molecule has 0 aliphatic carbocycles. The third kappa shape index (κ3) is 12.6. The fourth-order valence-corrected chi connectivity index (χ4v) is 5.03. The molecule has 2 aromatic carbocycles. The summed E-state index contributed by atoms with van der Waals surface area (Å²) in [7, 11) is 0. The third-order valence-corrected chi connectivity index (χ3v) is 7.52. The molecule has 0 bridgehead atoms. The molecule has 0 fully saturated rings. The van der Waals surface area contributed by atoms with Crippen LogP contribution in [0.3, 0.4) is 0 Å². The molecule has 0 atom stereocenters. The fraction of sp³-hybridized carbons (Fsp3) is 0.385. The molecule has 0 aliphatic heterocycles. The number of hydroxylamine groups is 2. The number of thioether (sulfide) groups is 2. The summed E-state index contributed by atoms with van der Waals surface area (Å²) in [5, 5.41) is 1.81. The van der Waals surface area contributed by atoms with Crippen LogP contribution in [-0.4, -0.2) is 61.4 Å². The Balaban J connectivity index is 1.63. The lowest BCUT2D eigenvalue weighted by Gasteiger charge is -2.17. The highest BCUT2D eigenvalue weighted by molar-refractivity contribution is 8.00. The zero-order chi connectivity index (χ0) is 25.3. The summed E-state index contributed by atoms with van der Waals surface area (Å²) < 4.78 is 10.3. The first-order valence-corrected chi connectivity index (χ1v) is 14.3. The Morgan fingerprint density at radius 3 is 1.77 bits per heavy atom. The van der Waals surface area contributed by atoms with Gasteiger partial charge in [-0.2, -0.15) is 5.06 Å². The molecular weight excluding hydrogens is 502 g/mol. The van der Waals surface area contributed by atoms with Gasteiger partial charge in [-0.25, -0.2) is 4.79 Å². The minimum Gasteiger partial charge on any atom is -0.465 e. The van der Waals surface area contributed by atoms with Crippen molar-refractivity contribution in [2.24, 2.45) is 0 Å². The van der Waals surface area contributed by atoms with Crippen LogP contribution in [0.4, 0.5) is 0 Å². The molecule has 0 unspecified atom stereocenters. The molecule has 0 radical (unpaired) electrons. The normalized spacial score (nSPS) is 10.8. The first kappa shape index (κ1) is 29.3. The summed E-state index contributed by atoms with van der Waals surface area (Å²) in [6.45, 7) is 10.1. The maximum Gasteiger partial charge on any atom is 0.330 e. The Bertz CT molecular complexity index is 902. The van der Waals surface area contributed by atoms with E-state index in [9.17, 15) is 9.59 Å². The quantitative estimate of drug-likeness (QED) is 0.0803. The van der Waals surface area contributed by atoms with Crippen LogP contribution in [0, 0.1) is 0 Å². The lowest BCUT2D eigenvalue weighted by atomic mass is 10.4. The van der Waals surface area contributed by atoms with Gasteiger partial charge >= 0.3 is 11.9 Å². The molecule has 0 aliphatic rings. The van der Waals surface area contributed by atoms with Crippen molar-refractivity contribution in [2.45, 2.75) is 39.9 Å². The molecule has 2 rings (SSSR count). The molecule has 0 amide bonds. The lowest BCUT2D eigenvalue weighted by molar-refractivity contribution is -0.165. The van der Waals surface area contributed by atoms with Crippen molar-refractivity contribution < 1.29 is 23.9 Å². The molecule has 6 nitrogen and oxygen atoms in total. The molecule has 9 heteroatoms. The van der Waals surface area contributed by atoms with Gasteiger partial charge in [0.2, 0.25) is 0 Å². The Labute approximate surface area is 221 Å². The molecule has 2 aromatic rings.